The Morgan fingerprint density at radius 1 is 1.10 bits per heavy atom. The van der Waals surface area contributed by atoms with E-state index < -0.39 is 24.2 Å². The highest BCUT2D eigenvalue weighted by Crippen LogP contribution is 2.27. The van der Waals surface area contributed by atoms with Crippen LogP contribution in [0.5, 0.6) is 5.75 Å². The number of methoxy groups -OCH3 is 1. The number of anilines is 1. The summed E-state index contributed by atoms with van der Waals surface area (Å²) in [7, 11) is 1.40. The van der Waals surface area contributed by atoms with Gasteiger partial charge in [0.25, 0.3) is 5.91 Å². The van der Waals surface area contributed by atoms with Crippen molar-refractivity contribution in [2.45, 2.75) is 12.2 Å². The third-order valence-corrected chi connectivity index (χ3v) is 3.94. The zero-order chi connectivity index (χ0) is 21.8. The molecule has 0 fully saturated rings. The first-order chi connectivity index (χ1) is 14.6. The summed E-state index contributed by atoms with van der Waals surface area (Å²) in [6, 6.07) is 15.5. The van der Waals surface area contributed by atoms with E-state index in [1.54, 1.807) is 48.5 Å². The summed E-state index contributed by atoms with van der Waals surface area (Å²) < 4.78 is 16.3. The number of benzene rings is 2. The Balaban J connectivity index is 2.22. The van der Waals surface area contributed by atoms with E-state index in [1.165, 1.54) is 18.7 Å². The van der Waals surface area contributed by atoms with Crippen molar-refractivity contribution in [3.8, 4) is 5.75 Å². The van der Waals surface area contributed by atoms with Crippen LogP contribution in [-0.2, 0) is 14.3 Å². The van der Waals surface area contributed by atoms with Crippen LogP contribution in [0.3, 0.4) is 0 Å². The molecule has 2 amide bonds. The van der Waals surface area contributed by atoms with Gasteiger partial charge in [0.15, 0.2) is 6.10 Å². The number of carbonyl (C=O) groups excluding carboxylic acids is 2. The fourth-order valence-corrected chi connectivity index (χ4v) is 2.55. The molecule has 2 aromatic carbocycles. The van der Waals surface area contributed by atoms with Gasteiger partial charge in [0.2, 0.25) is 0 Å². The van der Waals surface area contributed by atoms with Crippen LogP contribution in [0.15, 0.2) is 66.7 Å². The van der Waals surface area contributed by atoms with Gasteiger partial charge >= 0.3 is 6.09 Å². The minimum absolute atomic E-state index is 0.114. The van der Waals surface area contributed by atoms with E-state index in [4.69, 9.17) is 24.5 Å². The maximum atomic E-state index is 12.4. The fourth-order valence-electron chi connectivity index (χ4n) is 2.55. The smallest absolute Gasteiger partial charge is 0.412 e. The van der Waals surface area contributed by atoms with Crippen LogP contribution in [0.4, 0.5) is 10.5 Å². The number of hydroxylamine groups is 1. The molecule has 0 bridgehead atoms. The molecular weight excluding hydrogens is 392 g/mol. The van der Waals surface area contributed by atoms with E-state index in [0.717, 1.165) is 6.08 Å². The summed E-state index contributed by atoms with van der Waals surface area (Å²) in [6.07, 6.45) is -0.0177. The molecule has 0 saturated carbocycles. The summed E-state index contributed by atoms with van der Waals surface area (Å²) in [5.41, 5.74) is 2.62. The first-order valence-corrected chi connectivity index (χ1v) is 9.08. The number of carbonyl (C=O) groups is 2. The average molecular weight is 416 g/mol. The summed E-state index contributed by atoms with van der Waals surface area (Å²) in [5.74, 6) is -0.221. The second-order valence-electron chi connectivity index (χ2n) is 5.99. The van der Waals surface area contributed by atoms with Crippen molar-refractivity contribution in [1.82, 2.24) is 5.48 Å². The topological polar surface area (TPSA) is 126 Å². The van der Waals surface area contributed by atoms with Gasteiger partial charge in [0.1, 0.15) is 18.5 Å². The van der Waals surface area contributed by atoms with Crippen molar-refractivity contribution in [3.63, 3.8) is 0 Å². The molecule has 0 spiro atoms. The standard InChI is InChI=1S/C21H24N2O7/c1-28-18(11-12-19(25)23-27)20(15-7-9-17(10-8-15)29-14-13-24)30-21(26)22-16-5-3-2-4-6-16/h2-12,18,20,24,27H,13-14H2,1H3,(H,22,26)(H,23,25)/b12-11+/t18-,20-/m1/s1. The quantitative estimate of drug-likeness (QED) is 0.266. The van der Waals surface area contributed by atoms with Crippen molar-refractivity contribution in [2.24, 2.45) is 0 Å². The molecular formula is C21H24N2O7. The van der Waals surface area contributed by atoms with Gasteiger partial charge in [-0.25, -0.2) is 10.3 Å². The van der Waals surface area contributed by atoms with Crippen LogP contribution < -0.4 is 15.5 Å². The maximum absolute atomic E-state index is 12.4. The van der Waals surface area contributed by atoms with Crippen LogP contribution in [0.2, 0.25) is 0 Å². The normalized spacial score (nSPS) is 12.8. The van der Waals surface area contributed by atoms with Crippen molar-refractivity contribution in [1.29, 1.82) is 0 Å². The average Bonchev–Trinajstić information content (AvgIpc) is 2.78. The molecule has 2 atom stereocenters. The Morgan fingerprint density at radius 2 is 1.80 bits per heavy atom. The van der Waals surface area contributed by atoms with Gasteiger partial charge < -0.3 is 19.3 Å². The number of amides is 2. The summed E-state index contributed by atoms with van der Waals surface area (Å²) in [4.78, 5) is 23.8. The molecule has 9 heteroatoms. The lowest BCUT2D eigenvalue weighted by Gasteiger charge is -2.24. The molecule has 30 heavy (non-hydrogen) atoms. The van der Waals surface area contributed by atoms with Gasteiger partial charge in [-0.2, -0.15) is 0 Å². The highest BCUT2D eigenvalue weighted by Gasteiger charge is 2.26. The Kier molecular flexibility index (Phi) is 9.32. The van der Waals surface area contributed by atoms with Crippen molar-refractivity contribution < 1.29 is 34.1 Å². The van der Waals surface area contributed by atoms with Crippen LogP contribution in [0, 0.1) is 0 Å². The SMILES string of the molecule is CO[C@H](/C=C/C(=O)NO)[C@H](OC(=O)Nc1ccccc1)c1ccc(OCCO)cc1. The number of hydrogen-bond donors (Lipinski definition) is 4. The molecule has 0 saturated heterocycles. The van der Waals surface area contributed by atoms with Gasteiger partial charge in [-0.1, -0.05) is 30.3 Å². The number of nitrogens with one attached hydrogen (secondary N) is 2. The number of aliphatic hydroxyl groups is 1. The third-order valence-electron chi connectivity index (χ3n) is 3.94. The Bertz CT molecular complexity index is 825. The van der Waals surface area contributed by atoms with E-state index in [-0.39, 0.29) is 13.2 Å². The molecule has 2 aromatic rings. The number of ether oxygens (including phenoxy) is 3. The molecule has 2 rings (SSSR count). The Morgan fingerprint density at radius 3 is 2.40 bits per heavy atom. The predicted octanol–water partition coefficient (Wildman–Crippen LogP) is 2.42. The van der Waals surface area contributed by atoms with Gasteiger partial charge in [-0.05, 0) is 35.9 Å². The molecule has 9 nitrogen and oxygen atoms in total. The summed E-state index contributed by atoms with van der Waals surface area (Å²) >= 11 is 0. The van der Waals surface area contributed by atoms with E-state index in [1.807, 2.05) is 6.07 Å². The first-order valence-electron chi connectivity index (χ1n) is 9.08. The monoisotopic (exact) mass is 416 g/mol. The highest BCUT2D eigenvalue weighted by atomic mass is 16.6. The fraction of sp³-hybridized carbons (Fsp3) is 0.238. The summed E-state index contributed by atoms with van der Waals surface area (Å²) in [6.45, 7) is 0.0368. The molecule has 0 aliphatic rings. The van der Waals surface area contributed by atoms with Crippen LogP contribution in [0.1, 0.15) is 11.7 Å². The van der Waals surface area contributed by atoms with Crippen molar-refractivity contribution >= 4 is 17.7 Å². The number of hydrogen-bond acceptors (Lipinski definition) is 7. The lowest BCUT2D eigenvalue weighted by molar-refractivity contribution is -0.124. The van der Waals surface area contributed by atoms with Crippen LogP contribution in [-0.4, -0.2) is 48.7 Å². The minimum Gasteiger partial charge on any atom is -0.491 e. The van der Waals surface area contributed by atoms with Gasteiger partial charge in [-0.3, -0.25) is 15.3 Å². The van der Waals surface area contributed by atoms with Crippen molar-refractivity contribution in [2.75, 3.05) is 25.6 Å². The number of para-hydroxylation sites is 1. The molecule has 0 heterocycles. The molecule has 0 radical (unpaired) electrons. The Labute approximate surface area is 173 Å². The zero-order valence-corrected chi connectivity index (χ0v) is 16.4. The minimum atomic E-state index is -0.909. The van der Waals surface area contributed by atoms with Crippen molar-refractivity contribution in [3.05, 3.63) is 72.3 Å². The van der Waals surface area contributed by atoms with Gasteiger partial charge in [0, 0.05) is 18.9 Å². The van der Waals surface area contributed by atoms with E-state index in [9.17, 15) is 9.59 Å². The second kappa shape index (κ2) is 12.2. The molecule has 0 aromatic heterocycles. The number of aliphatic hydroxyl groups excluding tert-OH is 1. The molecule has 0 unspecified atom stereocenters. The largest absolute Gasteiger partial charge is 0.491 e. The lowest BCUT2D eigenvalue weighted by Crippen LogP contribution is -2.27. The Hall–Kier alpha value is -3.40. The maximum Gasteiger partial charge on any atom is 0.412 e. The van der Waals surface area contributed by atoms with E-state index in [0.29, 0.717) is 17.0 Å². The highest BCUT2D eigenvalue weighted by molar-refractivity contribution is 5.86. The molecule has 0 aliphatic heterocycles. The predicted molar refractivity (Wildman–Crippen MR) is 108 cm³/mol. The third kappa shape index (κ3) is 7.21. The molecule has 0 aliphatic carbocycles. The molecule has 4 N–H and O–H groups in total. The number of rotatable bonds is 10. The van der Waals surface area contributed by atoms with Gasteiger partial charge in [-0.15, -0.1) is 0 Å². The zero-order valence-electron chi connectivity index (χ0n) is 16.4. The summed E-state index contributed by atoms with van der Waals surface area (Å²) in [5, 5.41) is 20.1. The van der Waals surface area contributed by atoms with E-state index in [2.05, 4.69) is 5.32 Å². The lowest BCUT2D eigenvalue weighted by atomic mass is 10.0. The van der Waals surface area contributed by atoms with Gasteiger partial charge in [0.05, 0.1) is 6.61 Å². The van der Waals surface area contributed by atoms with E-state index >= 15 is 0 Å². The molecule has 160 valence electrons. The van der Waals surface area contributed by atoms with Crippen LogP contribution in [0.25, 0.3) is 0 Å². The van der Waals surface area contributed by atoms with Crippen LogP contribution >= 0.6 is 0 Å². The first kappa shape index (κ1) is 22.9. The second-order valence-corrected chi connectivity index (χ2v) is 5.99.